The monoisotopic (exact) mass is 222 g/mol. The van der Waals surface area contributed by atoms with Gasteiger partial charge in [0, 0.05) is 12.1 Å². The van der Waals surface area contributed by atoms with Crippen LogP contribution in [0.15, 0.2) is 12.4 Å². The minimum atomic E-state index is -0.990. The highest BCUT2D eigenvalue weighted by Gasteiger charge is 2.13. The van der Waals surface area contributed by atoms with Gasteiger partial charge in [-0.1, -0.05) is 5.92 Å². The molecule has 0 aliphatic carbocycles. The number of carbonyl (C=O) groups excluding carboxylic acids is 1. The van der Waals surface area contributed by atoms with Crippen molar-refractivity contribution in [1.82, 2.24) is 9.78 Å². The average molecular weight is 222 g/mol. The van der Waals surface area contributed by atoms with Crippen molar-refractivity contribution in [3.05, 3.63) is 18.0 Å². The summed E-state index contributed by atoms with van der Waals surface area (Å²) in [5.74, 6) is 3.08. The van der Waals surface area contributed by atoms with Crippen LogP contribution >= 0.6 is 0 Å². The molecule has 1 aromatic heterocycles. The van der Waals surface area contributed by atoms with Crippen LogP contribution < -0.4 is 0 Å². The fourth-order valence-electron chi connectivity index (χ4n) is 0.902. The molecule has 0 fully saturated rings. The van der Waals surface area contributed by atoms with Crippen LogP contribution in [0.3, 0.4) is 0 Å². The van der Waals surface area contributed by atoms with E-state index in [2.05, 4.69) is 21.7 Å². The first-order valence-electron chi connectivity index (χ1n) is 4.41. The quantitative estimate of drug-likeness (QED) is 0.565. The second-order valence-corrected chi connectivity index (χ2v) is 2.96. The van der Waals surface area contributed by atoms with Crippen LogP contribution in [0.4, 0.5) is 0 Å². The average Bonchev–Trinajstić information content (AvgIpc) is 2.73. The van der Waals surface area contributed by atoms with Crippen LogP contribution in [0.2, 0.25) is 0 Å². The lowest BCUT2D eigenvalue weighted by atomic mass is 10.3. The number of hydrogen-bond acceptors (Lipinski definition) is 4. The summed E-state index contributed by atoms with van der Waals surface area (Å²) in [4.78, 5) is 21.4. The normalized spacial score (nSPS) is 11.1. The molecule has 6 nitrogen and oxygen atoms in total. The molecule has 0 aliphatic heterocycles. The zero-order chi connectivity index (χ0) is 12.1. The van der Waals surface area contributed by atoms with Crippen molar-refractivity contribution < 1.29 is 19.4 Å². The van der Waals surface area contributed by atoms with Gasteiger partial charge in [0.1, 0.15) is 6.04 Å². The molecular weight excluding hydrogens is 212 g/mol. The molecule has 0 aromatic carbocycles. The Balaban J connectivity index is 2.82. The van der Waals surface area contributed by atoms with E-state index in [1.807, 2.05) is 0 Å². The summed E-state index contributed by atoms with van der Waals surface area (Å²) in [6.07, 6.45) is 2.84. The zero-order valence-corrected chi connectivity index (χ0v) is 8.80. The highest BCUT2D eigenvalue weighted by atomic mass is 16.5. The molecule has 0 aliphatic rings. The van der Waals surface area contributed by atoms with Crippen LogP contribution in [0.5, 0.6) is 0 Å². The molecule has 0 unspecified atom stereocenters. The van der Waals surface area contributed by atoms with E-state index in [0.29, 0.717) is 5.56 Å². The van der Waals surface area contributed by atoms with Crippen LogP contribution in [0.1, 0.15) is 18.5 Å². The Hall–Kier alpha value is -2.29. The third-order valence-corrected chi connectivity index (χ3v) is 1.85. The summed E-state index contributed by atoms with van der Waals surface area (Å²) in [6.45, 7) is 1.49. The molecule has 1 atom stereocenters. The van der Waals surface area contributed by atoms with Crippen LogP contribution in [-0.4, -0.2) is 33.9 Å². The van der Waals surface area contributed by atoms with E-state index in [-0.39, 0.29) is 0 Å². The molecule has 1 heterocycles. The molecule has 0 bridgehead atoms. The maximum atomic E-state index is 10.7. The minimum Gasteiger partial charge on any atom is -0.480 e. The summed E-state index contributed by atoms with van der Waals surface area (Å²) in [5.41, 5.74) is 0.457. The molecule has 0 radical (unpaired) electrons. The number of carboxylic acid groups (broad SMARTS) is 1. The van der Waals surface area contributed by atoms with Gasteiger partial charge in [-0.25, -0.2) is 9.59 Å². The second kappa shape index (κ2) is 4.98. The van der Waals surface area contributed by atoms with E-state index in [0.717, 1.165) is 0 Å². The highest BCUT2D eigenvalue weighted by Crippen LogP contribution is 2.05. The number of aromatic nitrogens is 2. The summed E-state index contributed by atoms with van der Waals surface area (Å²) < 4.78 is 5.58. The molecular formula is C10H10N2O4. The van der Waals surface area contributed by atoms with Gasteiger partial charge in [0.15, 0.2) is 0 Å². The van der Waals surface area contributed by atoms with Crippen molar-refractivity contribution in [2.45, 2.75) is 13.0 Å². The van der Waals surface area contributed by atoms with Crippen molar-refractivity contribution in [2.24, 2.45) is 0 Å². The molecule has 16 heavy (non-hydrogen) atoms. The molecule has 0 amide bonds. The van der Waals surface area contributed by atoms with Gasteiger partial charge in [0.25, 0.3) is 0 Å². The predicted molar refractivity (Wildman–Crippen MR) is 53.5 cm³/mol. The van der Waals surface area contributed by atoms with Gasteiger partial charge in [-0.2, -0.15) is 5.10 Å². The van der Waals surface area contributed by atoms with E-state index < -0.39 is 18.0 Å². The number of rotatable bonds is 2. The molecule has 0 spiro atoms. The molecule has 84 valence electrons. The fraction of sp³-hybridized carbons (Fsp3) is 0.300. The predicted octanol–water partition coefficient (Wildman–Crippen LogP) is 0.0532. The molecule has 1 N–H and O–H groups in total. The third kappa shape index (κ3) is 2.85. The minimum absolute atomic E-state index is 0.457. The first-order chi connectivity index (χ1) is 7.54. The molecule has 0 saturated carbocycles. The third-order valence-electron chi connectivity index (χ3n) is 1.85. The van der Waals surface area contributed by atoms with E-state index in [1.165, 1.54) is 31.1 Å². The van der Waals surface area contributed by atoms with Gasteiger partial charge in [-0.05, 0) is 6.92 Å². The van der Waals surface area contributed by atoms with Crippen LogP contribution in [0, 0.1) is 11.8 Å². The first kappa shape index (κ1) is 11.8. The summed E-state index contributed by atoms with van der Waals surface area (Å²) in [5, 5.41) is 12.6. The van der Waals surface area contributed by atoms with Gasteiger partial charge in [0.05, 0.1) is 18.9 Å². The Kier molecular flexibility index (Phi) is 3.67. The highest BCUT2D eigenvalue weighted by molar-refractivity contribution is 5.88. The lowest BCUT2D eigenvalue weighted by Gasteiger charge is -2.04. The lowest BCUT2D eigenvalue weighted by molar-refractivity contribution is -0.140. The smallest absolute Gasteiger partial charge is 0.384 e. The van der Waals surface area contributed by atoms with Crippen molar-refractivity contribution in [1.29, 1.82) is 0 Å². The van der Waals surface area contributed by atoms with Gasteiger partial charge >= 0.3 is 11.9 Å². The number of carboxylic acids is 1. The van der Waals surface area contributed by atoms with Gasteiger partial charge in [-0.3, -0.25) is 4.68 Å². The zero-order valence-electron chi connectivity index (χ0n) is 8.80. The maximum absolute atomic E-state index is 10.7. The number of carbonyl (C=O) groups is 2. The Labute approximate surface area is 91.8 Å². The Morgan fingerprint density at radius 1 is 1.62 bits per heavy atom. The van der Waals surface area contributed by atoms with E-state index >= 15 is 0 Å². The van der Waals surface area contributed by atoms with Gasteiger partial charge in [0.2, 0.25) is 0 Å². The van der Waals surface area contributed by atoms with Crippen molar-refractivity contribution in [3.63, 3.8) is 0 Å². The van der Waals surface area contributed by atoms with Crippen LogP contribution in [-0.2, 0) is 14.3 Å². The number of methoxy groups -OCH3 is 1. The summed E-state index contributed by atoms with van der Waals surface area (Å²) >= 11 is 0. The van der Waals surface area contributed by atoms with Crippen molar-refractivity contribution in [3.8, 4) is 11.8 Å². The number of ether oxygens (including phenoxy) is 1. The lowest BCUT2D eigenvalue weighted by Crippen LogP contribution is -2.15. The van der Waals surface area contributed by atoms with E-state index in [9.17, 15) is 9.59 Å². The van der Waals surface area contributed by atoms with Gasteiger partial charge < -0.3 is 9.84 Å². The maximum Gasteiger partial charge on any atom is 0.384 e. The van der Waals surface area contributed by atoms with Crippen molar-refractivity contribution >= 4 is 11.9 Å². The number of hydrogen-bond donors (Lipinski definition) is 1. The SMILES string of the molecule is COC(=O)C#Cc1cnn([C@@H](C)C(=O)O)c1. The molecule has 0 saturated heterocycles. The molecule has 1 rings (SSSR count). The van der Waals surface area contributed by atoms with Crippen molar-refractivity contribution in [2.75, 3.05) is 7.11 Å². The fourth-order valence-corrected chi connectivity index (χ4v) is 0.902. The molecule has 6 heteroatoms. The summed E-state index contributed by atoms with van der Waals surface area (Å²) in [6, 6.07) is -0.770. The van der Waals surface area contributed by atoms with E-state index in [1.54, 1.807) is 0 Å². The number of aliphatic carboxylic acids is 1. The van der Waals surface area contributed by atoms with E-state index in [4.69, 9.17) is 5.11 Å². The summed E-state index contributed by atoms with van der Waals surface area (Å²) in [7, 11) is 1.23. The van der Waals surface area contributed by atoms with Crippen LogP contribution in [0.25, 0.3) is 0 Å². The topological polar surface area (TPSA) is 81.4 Å². The largest absolute Gasteiger partial charge is 0.480 e. The first-order valence-corrected chi connectivity index (χ1v) is 4.41. The van der Waals surface area contributed by atoms with Gasteiger partial charge in [-0.15, -0.1) is 0 Å². The Morgan fingerprint density at radius 2 is 2.31 bits per heavy atom. The Bertz CT molecular complexity index is 467. The second-order valence-electron chi connectivity index (χ2n) is 2.96. The standard InChI is InChI=1S/C10H10N2O4/c1-7(10(14)15)12-6-8(5-11-12)3-4-9(13)16-2/h5-7H,1-2H3,(H,14,15)/t7-/m0/s1. The number of nitrogens with zero attached hydrogens (tertiary/aromatic N) is 2. The number of esters is 1. The Morgan fingerprint density at radius 3 is 2.88 bits per heavy atom. The molecule has 1 aromatic rings.